The molecule has 2 aliphatic rings. The number of aromatic amines is 2. The predicted molar refractivity (Wildman–Crippen MR) is 466 cm³/mol. The number of carbonyl (C=O) groups excluding carboxylic acids is 13. The summed E-state index contributed by atoms with van der Waals surface area (Å²) in [5.41, 5.74) is 8.27. The fraction of sp³-hybridized carbons (Fsp3) is 0.386. The molecule has 672 valence electrons. The first-order valence-electron chi connectivity index (χ1n) is 39.7. The molecule has 0 unspecified atom stereocenters. The number of nitrogens with zero attached hydrogens (tertiary/aromatic N) is 2. The van der Waals surface area contributed by atoms with Crippen LogP contribution in [0.1, 0.15) is 182 Å². The number of aliphatic hydroxyl groups is 1. The molecular formula is C88H102Cl4N8O25. The van der Waals surface area contributed by atoms with Gasteiger partial charge in [0.2, 0.25) is 0 Å². The zero-order chi connectivity index (χ0) is 93.3. The molecule has 6 aromatic rings. The molecule has 0 bridgehead atoms. The number of carboxylic acid groups (broad SMARTS) is 1. The van der Waals surface area contributed by atoms with Crippen molar-refractivity contribution >= 4 is 164 Å². The number of esters is 7. The first kappa shape index (κ1) is 102. The summed E-state index contributed by atoms with van der Waals surface area (Å²) in [6, 6.07) is 14.6. The molecule has 4 amide bonds. The van der Waals surface area contributed by atoms with E-state index in [1.165, 1.54) is 90.1 Å². The van der Waals surface area contributed by atoms with Crippen LogP contribution in [-0.4, -0.2) is 215 Å². The lowest BCUT2D eigenvalue weighted by molar-refractivity contribution is -0.181. The Balaban J connectivity index is 0.000000330. The molecule has 8 rings (SSSR count). The van der Waals surface area contributed by atoms with Crippen LogP contribution in [-0.2, 0) is 71.6 Å². The van der Waals surface area contributed by atoms with Crippen molar-refractivity contribution in [3.8, 4) is 23.0 Å². The Morgan fingerprint density at radius 1 is 0.472 bits per heavy atom. The number of nitrogens with one attached hydrogen (secondary N) is 6. The number of Topliss-reactive ketones (excluding diaryl/α,β-unsaturated/α-hetero) is 2. The highest BCUT2D eigenvalue weighted by Gasteiger charge is 2.34. The average molecular weight is 1810 g/mol. The summed E-state index contributed by atoms with van der Waals surface area (Å²) in [5, 5.41) is 29.1. The van der Waals surface area contributed by atoms with Crippen molar-refractivity contribution in [2.24, 2.45) is 0 Å². The first-order valence-corrected chi connectivity index (χ1v) is 41.2. The summed E-state index contributed by atoms with van der Waals surface area (Å²) < 4.78 is 46.3. The van der Waals surface area contributed by atoms with E-state index in [1.807, 2.05) is 0 Å². The monoisotopic (exact) mass is 1810 g/mol. The number of carboxylic acids is 1. The number of carbonyl (C=O) groups is 14. The maximum absolute atomic E-state index is 13.1. The number of rotatable bonds is 39. The van der Waals surface area contributed by atoms with Gasteiger partial charge in [-0.3, -0.25) is 28.8 Å². The van der Waals surface area contributed by atoms with E-state index < -0.39 is 103 Å². The minimum Gasteiger partial charge on any atom is -0.480 e. The number of benzene rings is 4. The average Bonchev–Trinajstić information content (AvgIpc) is 1.62. The molecule has 0 radical (unpaired) electrons. The lowest BCUT2D eigenvalue weighted by Gasteiger charge is -2.18. The number of halogens is 4. The molecule has 4 aromatic carbocycles. The van der Waals surface area contributed by atoms with Crippen LogP contribution in [0.15, 0.2) is 85.0 Å². The van der Waals surface area contributed by atoms with Crippen molar-refractivity contribution in [1.82, 2.24) is 30.4 Å². The third kappa shape index (κ3) is 27.5. The summed E-state index contributed by atoms with van der Waals surface area (Å²) >= 11 is 24.4. The molecule has 2 aromatic heterocycles. The molecule has 4 heterocycles. The minimum absolute atomic E-state index is 0.0117. The second kappa shape index (κ2) is 47.2. The zero-order valence-corrected chi connectivity index (χ0v) is 75.0. The molecule has 0 fully saturated rings. The number of ketones is 2. The fourth-order valence-electron chi connectivity index (χ4n) is 12.0. The van der Waals surface area contributed by atoms with Crippen molar-refractivity contribution in [3.05, 3.63) is 172 Å². The topological polar surface area (TPSA) is 449 Å². The van der Waals surface area contributed by atoms with Crippen molar-refractivity contribution in [2.75, 3.05) is 76.2 Å². The Labute approximate surface area is 742 Å². The zero-order valence-electron chi connectivity index (χ0n) is 72.0. The Kier molecular flexibility index (Phi) is 38.5. The molecule has 2 aliphatic heterocycles. The Hall–Kier alpha value is -12.0. The van der Waals surface area contributed by atoms with Gasteiger partial charge < -0.3 is 93.9 Å². The first-order chi connectivity index (χ1) is 58.9. The number of aromatic nitrogens is 2. The number of ether oxygens (including phenoxy) is 9. The van der Waals surface area contributed by atoms with E-state index in [9.17, 15) is 72.2 Å². The van der Waals surface area contributed by atoms with Crippen molar-refractivity contribution in [1.29, 1.82) is 0 Å². The van der Waals surface area contributed by atoms with Gasteiger partial charge in [0.05, 0.1) is 32.3 Å². The van der Waals surface area contributed by atoms with Crippen LogP contribution in [0, 0.1) is 27.7 Å². The predicted octanol–water partition coefficient (Wildman–Crippen LogP) is 12.4. The van der Waals surface area contributed by atoms with Crippen LogP contribution < -0.4 is 40.2 Å². The Morgan fingerprint density at radius 2 is 0.816 bits per heavy atom. The molecule has 0 saturated carbocycles. The Morgan fingerprint density at radius 3 is 1.16 bits per heavy atom. The smallest absolute Gasteiger partial charge is 0.352 e. The van der Waals surface area contributed by atoms with Gasteiger partial charge in [0.15, 0.2) is 55.3 Å². The van der Waals surface area contributed by atoms with Gasteiger partial charge in [0.1, 0.15) is 39.1 Å². The van der Waals surface area contributed by atoms with E-state index in [2.05, 4.69) is 81.9 Å². The maximum atomic E-state index is 13.1. The van der Waals surface area contributed by atoms with Crippen LogP contribution in [0.25, 0.3) is 23.3 Å². The van der Waals surface area contributed by atoms with Crippen LogP contribution >= 0.6 is 46.4 Å². The highest BCUT2D eigenvalue weighted by atomic mass is 35.5. The summed E-state index contributed by atoms with van der Waals surface area (Å²) in [6.45, 7) is 38.4. The summed E-state index contributed by atoms with van der Waals surface area (Å²) in [7, 11) is 0. The van der Waals surface area contributed by atoms with Gasteiger partial charge in [-0.2, -0.15) is 0 Å². The third-order valence-electron chi connectivity index (χ3n) is 19.4. The number of likely N-dealkylation sites (N-methyl/N-ethyl adjacent to an activating group) is 2. The number of anilines is 2. The van der Waals surface area contributed by atoms with Gasteiger partial charge in [-0.25, -0.2) is 38.4 Å². The number of H-pyrrole nitrogens is 2. The minimum atomic E-state index is -1.52. The van der Waals surface area contributed by atoms with Gasteiger partial charge in [0.25, 0.3) is 23.6 Å². The fourth-order valence-corrected chi connectivity index (χ4v) is 13.0. The Bertz CT molecular complexity index is 5210. The molecule has 6 atom stereocenters. The number of amides is 4. The van der Waals surface area contributed by atoms with Gasteiger partial charge in [-0.15, -0.1) is 0 Å². The van der Waals surface area contributed by atoms with Gasteiger partial charge in [-0.05, 0) is 203 Å². The van der Waals surface area contributed by atoms with Crippen molar-refractivity contribution in [2.45, 2.75) is 160 Å². The molecular weight excluding hydrogens is 1710 g/mol. The quantitative estimate of drug-likeness (QED) is 0.00584. The lowest BCUT2D eigenvalue weighted by atomic mass is 10.0. The highest BCUT2D eigenvalue weighted by Crippen LogP contribution is 2.41. The molecule has 0 saturated heterocycles. The molecule has 125 heavy (non-hydrogen) atoms. The van der Waals surface area contributed by atoms with E-state index in [0.29, 0.717) is 117 Å². The van der Waals surface area contributed by atoms with Gasteiger partial charge >= 0.3 is 47.8 Å². The van der Waals surface area contributed by atoms with Crippen LogP contribution in [0.5, 0.6) is 23.0 Å². The highest BCUT2D eigenvalue weighted by molar-refractivity contribution is 6.46. The van der Waals surface area contributed by atoms with E-state index in [1.54, 1.807) is 65.8 Å². The largest absolute Gasteiger partial charge is 0.480 e. The van der Waals surface area contributed by atoms with Crippen LogP contribution in [0.3, 0.4) is 0 Å². The number of fused-ring (bicyclic) bond motifs is 2. The lowest BCUT2D eigenvalue weighted by Crippen LogP contribution is -2.37. The number of aliphatic hydroxyl groups excluding tert-OH is 1. The second-order valence-electron chi connectivity index (χ2n) is 28.3. The van der Waals surface area contributed by atoms with E-state index in [-0.39, 0.29) is 89.1 Å². The van der Waals surface area contributed by atoms with Crippen molar-refractivity contribution in [3.63, 3.8) is 0 Å². The molecule has 0 aliphatic carbocycles. The summed E-state index contributed by atoms with van der Waals surface area (Å²) in [6.07, 6.45) is -4.42. The SMILES string of the molecule is C=C(CC)C(=O)c1ccc(OCC(=O)O)c(Cl)c1Cl.C=C(CC)C(=O)c1ccc(OCC(=O)O[C@@H](C)C(=O)O[C@@H](C)C(=O)O[C@@H](C)C(=O)Oc2ccc3c(c2)/C(=C/c2[nH]c(C)c(C(=O)NCCN(CC)CC)c2C)C(=O)N3)c(Cl)c1Cl.CCN(CC)CCNC(=O)c1c(C)[nH]c(/C=C2\C(=O)Nc3ccc(OC(=O)[C@H](C)OC(=O)[C@H](C)OC(=O)[C@H](C)O)cc32)c1C. The standard InChI is InChI=1S/C44H50Cl2N4O12.C31H40N4O9.C13H12Cl2O4/c1-10-22(4)39(52)29-14-16-34(38(46)37(29)45)58-21-35(51)59-25(7)42(55)60-26(8)43(56)61-27(9)44(57)62-28-13-15-32-30(19-28)31(40(53)49-32)20-33-23(5)36(24(6)48-33)41(54)47-17-18-50(11-2)12-3;1-8-35(9-2)13-12-32-28(38)26-16(3)25(33-17(26)4)15-23-22-14-21(10-11-24(22)34-27(23)37)44-31(41)20(7)43-30(40)19(6)42-29(39)18(5)36;1-3-7(2)13(18)8-4-5-9(12(15)11(8)14)19-6-10(16)17/h13-16,19-20,25-27,48H,4,10-12,17-18,21H2,1-3,5-9H3,(H,47,54)(H,49,53);10-11,14-15,18-20,33,36H,8-9,12-13H2,1-7H3,(H,32,38)(H,34,37);4-5H,2-3,6H2,1H3,(H,16,17)/b31-20-;23-15-;/t25-,26-,27-;18-,19-,20-;/m00./s1. The number of aryl methyl sites for hydroxylation is 2. The maximum Gasteiger partial charge on any atom is 0.352 e. The van der Waals surface area contributed by atoms with Gasteiger partial charge in [0, 0.05) is 82.6 Å². The molecule has 37 heteroatoms. The van der Waals surface area contributed by atoms with Crippen LogP contribution in [0.4, 0.5) is 11.4 Å². The summed E-state index contributed by atoms with van der Waals surface area (Å²) in [5.74, 6) is -9.85. The van der Waals surface area contributed by atoms with E-state index >= 15 is 0 Å². The molecule has 0 spiro atoms. The second-order valence-corrected chi connectivity index (χ2v) is 29.8. The summed E-state index contributed by atoms with van der Waals surface area (Å²) in [4.78, 5) is 185. The molecule has 33 nitrogen and oxygen atoms in total. The van der Waals surface area contributed by atoms with E-state index in [4.69, 9.17) is 94.1 Å². The van der Waals surface area contributed by atoms with Gasteiger partial charge in [-0.1, -0.05) is 101 Å². The number of allylic oxidation sites excluding steroid dienone is 2. The third-order valence-corrected chi connectivity index (χ3v) is 21.2. The van der Waals surface area contributed by atoms with Crippen LogP contribution in [0.2, 0.25) is 20.1 Å². The normalized spacial score (nSPS) is 13.8. The van der Waals surface area contributed by atoms with E-state index in [0.717, 1.165) is 32.7 Å². The number of aliphatic carboxylic acids is 1. The number of hydrogen-bond donors (Lipinski definition) is 8. The van der Waals surface area contributed by atoms with Crippen molar-refractivity contribution < 1.29 is 120 Å². The molecule has 8 N–H and O–H groups in total. The number of hydrogen-bond acceptors (Lipinski definition) is 26.